The van der Waals surface area contributed by atoms with Gasteiger partial charge in [0.1, 0.15) is 5.75 Å². The number of hydrogen-bond donors (Lipinski definition) is 2. The molecule has 2 N–H and O–H groups in total. The van der Waals surface area contributed by atoms with Crippen molar-refractivity contribution in [3.63, 3.8) is 0 Å². The molecule has 3 aromatic rings. The van der Waals surface area contributed by atoms with E-state index in [1.807, 2.05) is 30.3 Å². The van der Waals surface area contributed by atoms with Crippen molar-refractivity contribution < 1.29 is 19.1 Å². The normalized spacial score (nSPS) is 10.1. The van der Waals surface area contributed by atoms with E-state index < -0.39 is 18.5 Å². The monoisotopic (exact) mass is 409 g/mol. The minimum absolute atomic E-state index is 0.141. The van der Waals surface area contributed by atoms with Crippen LogP contribution in [0.3, 0.4) is 0 Å². The molecule has 0 fully saturated rings. The van der Waals surface area contributed by atoms with Crippen LogP contribution in [0.4, 0.5) is 10.8 Å². The van der Waals surface area contributed by atoms with E-state index in [2.05, 4.69) is 22.2 Å². The van der Waals surface area contributed by atoms with Crippen LogP contribution >= 0.6 is 11.3 Å². The molecule has 0 aliphatic rings. The summed E-state index contributed by atoms with van der Waals surface area (Å²) in [5, 5.41) is 7.81. The van der Waals surface area contributed by atoms with E-state index in [0.29, 0.717) is 28.9 Å². The second kappa shape index (κ2) is 10.0. The molecule has 1 heterocycles. The number of amides is 1. The summed E-state index contributed by atoms with van der Waals surface area (Å²) in [5.74, 6) is -0.0274. The van der Waals surface area contributed by atoms with Crippen LogP contribution in [0.15, 0.2) is 72.6 Å². The Kier molecular flexibility index (Phi) is 6.96. The quantitative estimate of drug-likeness (QED) is 0.404. The molecule has 8 heteroatoms. The molecular formula is C21H19N3O4S. The Morgan fingerprint density at radius 3 is 2.66 bits per heavy atom. The van der Waals surface area contributed by atoms with E-state index in [-0.39, 0.29) is 5.69 Å². The van der Waals surface area contributed by atoms with Gasteiger partial charge in [0.25, 0.3) is 5.91 Å². The molecule has 29 heavy (non-hydrogen) atoms. The molecule has 0 saturated heterocycles. The largest absolute Gasteiger partial charge is 0.455 e. The number of anilines is 2. The standard InChI is InChI=1S/C21H19N3O4S/c1-2-12-22-21-24-17(14-29-21)20(26)27-13-19(25)23-16-10-6-7-11-18(16)28-15-8-4-3-5-9-15/h2-11,14H,1,12-13H2,(H,22,24)(H,23,25). The molecule has 148 valence electrons. The second-order valence-electron chi connectivity index (χ2n) is 5.74. The maximum absolute atomic E-state index is 12.2. The lowest BCUT2D eigenvalue weighted by atomic mass is 10.3. The van der Waals surface area contributed by atoms with Gasteiger partial charge in [-0.25, -0.2) is 9.78 Å². The summed E-state index contributed by atoms with van der Waals surface area (Å²) in [5.41, 5.74) is 0.615. The van der Waals surface area contributed by atoms with Crippen LogP contribution in [0, 0.1) is 0 Å². The molecule has 0 aliphatic heterocycles. The van der Waals surface area contributed by atoms with Gasteiger partial charge in [-0.3, -0.25) is 4.79 Å². The van der Waals surface area contributed by atoms with Crippen LogP contribution in [0.1, 0.15) is 10.5 Å². The lowest BCUT2D eigenvalue weighted by molar-refractivity contribution is -0.119. The second-order valence-corrected chi connectivity index (χ2v) is 6.60. The first-order valence-corrected chi connectivity index (χ1v) is 9.63. The fourth-order valence-electron chi connectivity index (χ4n) is 2.27. The summed E-state index contributed by atoms with van der Waals surface area (Å²) < 4.78 is 10.8. The highest BCUT2D eigenvalue weighted by Gasteiger charge is 2.15. The predicted octanol–water partition coefficient (Wildman–Crippen LogP) is 4.33. The molecule has 0 unspecified atom stereocenters. The number of ether oxygens (including phenoxy) is 2. The van der Waals surface area contributed by atoms with E-state index in [4.69, 9.17) is 9.47 Å². The molecule has 0 spiro atoms. The summed E-state index contributed by atoms with van der Waals surface area (Å²) in [6.45, 7) is 3.70. The van der Waals surface area contributed by atoms with Crippen LogP contribution in [-0.2, 0) is 9.53 Å². The number of hydrogen-bond acceptors (Lipinski definition) is 7. The number of para-hydroxylation sites is 3. The smallest absolute Gasteiger partial charge is 0.358 e. The summed E-state index contributed by atoms with van der Waals surface area (Å²) in [6, 6.07) is 16.2. The van der Waals surface area contributed by atoms with Gasteiger partial charge < -0.3 is 20.1 Å². The average molecular weight is 409 g/mol. The van der Waals surface area contributed by atoms with Gasteiger partial charge in [-0.15, -0.1) is 17.9 Å². The highest BCUT2D eigenvalue weighted by Crippen LogP contribution is 2.29. The molecule has 1 aromatic heterocycles. The van der Waals surface area contributed by atoms with Gasteiger partial charge in [0.2, 0.25) is 0 Å². The zero-order valence-electron chi connectivity index (χ0n) is 15.5. The molecular weight excluding hydrogens is 390 g/mol. The lowest BCUT2D eigenvalue weighted by Crippen LogP contribution is -2.21. The lowest BCUT2D eigenvalue weighted by Gasteiger charge is -2.12. The van der Waals surface area contributed by atoms with E-state index in [0.717, 1.165) is 0 Å². The Hall–Kier alpha value is -3.65. The number of carbonyl (C=O) groups is 2. The number of esters is 1. The van der Waals surface area contributed by atoms with Crippen LogP contribution < -0.4 is 15.4 Å². The molecule has 0 aliphatic carbocycles. The maximum atomic E-state index is 12.2. The molecule has 7 nitrogen and oxygen atoms in total. The topological polar surface area (TPSA) is 89.5 Å². The van der Waals surface area contributed by atoms with Crippen LogP contribution in [0.2, 0.25) is 0 Å². The molecule has 2 aromatic carbocycles. The molecule has 3 rings (SSSR count). The SMILES string of the molecule is C=CCNc1nc(C(=O)OCC(=O)Nc2ccccc2Oc2ccccc2)cs1. The number of nitrogens with zero attached hydrogens (tertiary/aromatic N) is 1. The van der Waals surface area contributed by atoms with Gasteiger partial charge in [-0.05, 0) is 24.3 Å². The van der Waals surface area contributed by atoms with Crippen molar-refractivity contribution >= 4 is 34.0 Å². The van der Waals surface area contributed by atoms with Crippen molar-refractivity contribution in [2.45, 2.75) is 0 Å². The third-order valence-corrected chi connectivity index (χ3v) is 4.38. The third-order valence-electron chi connectivity index (χ3n) is 3.58. The molecule has 0 radical (unpaired) electrons. The van der Waals surface area contributed by atoms with Crippen molar-refractivity contribution in [3.05, 3.63) is 78.3 Å². The van der Waals surface area contributed by atoms with Gasteiger partial charge in [0, 0.05) is 11.9 Å². The fourth-order valence-corrected chi connectivity index (χ4v) is 2.96. The number of rotatable bonds is 9. The van der Waals surface area contributed by atoms with E-state index in [9.17, 15) is 9.59 Å². The van der Waals surface area contributed by atoms with E-state index in [1.54, 1.807) is 35.7 Å². The summed E-state index contributed by atoms with van der Waals surface area (Å²) in [4.78, 5) is 28.4. The minimum Gasteiger partial charge on any atom is -0.455 e. The van der Waals surface area contributed by atoms with E-state index in [1.165, 1.54) is 11.3 Å². The Morgan fingerprint density at radius 2 is 1.86 bits per heavy atom. The van der Waals surface area contributed by atoms with Gasteiger partial charge in [0.05, 0.1) is 5.69 Å². The van der Waals surface area contributed by atoms with Crippen molar-refractivity contribution in [1.82, 2.24) is 4.98 Å². The van der Waals surface area contributed by atoms with Crippen molar-refractivity contribution in [3.8, 4) is 11.5 Å². The summed E-state index contributed by atoms with van der Waals surface area (Å²) >= 11 is 1.27. The molecule has 0 bridgehead atoms. The first-order valence-electron chi connectivity index (χ1n) is 8.75. The highest BCUT2D eigenvalue weighted by atomic mass is 32.1. The number of thiazole rings is 1. The predicted molar refractivity (Wildman–Crippen MR) is 113 cm³/mol. The van der Waals surface area contributed by atoms with Crippen LogP contribution in [0.5, 0.6) is 11.5 Å². The maximum Gasteiger partial charge on any atom is 0.358 e. The van der Waals surface area contributed by atoms with E-state index >= 15 is 0 Å². The zero-order valence-corrected chi connectivity index (χ0v) is 16.3. The fraction of sp³-hybridized carbons (Fsp3) is 0.0952. The molecule has 0 saturated carbocycles. The molecule has 0 atom stereocenters. The first-order chi connectivity index (χ1) is 14.2. The van der Waals surface area contributed by atoms with Gasteiger partial charge in [0.15, 0.2) is 23.2 Å². The van der Waals surface area contributed by atoms with Gasteiger partial charge in [-0.1, -0.05) is 36.4 Å². The number of carbonyl (C=O) groups excluding carboxylic acids is 2. The van der Waals surface area contributed by atoms with Crippen molar-refractivity contribution in [1.29, 1.82) is 0 Å². The summed E-state index contributed by atoms with van der Waals surface area (Å²) in [6.07, 6.45) is 1.68. The Morgan fingerprint density at radius 1 is 1.10 bits per heavy atom. The van der Waals surface area contributed by atoms with Gasteiger partial charge >= 0.3 is 5.97 Å². The number of aromatic nitrogens is 1. The van der Waals surface area contributed by atoms with Crippen LogP contribution in [-0.4, -0.2) is 30.0 Å². The van der Waals surface area contributed by atoms with Gasteiger partial charge in [-0.2, -0.15) is 0 Å². The van der Waals surface area contributed by atoms with Crippen LogP contribution in [0.25, 0.3) is 0 Å². The third kappa shape index (κ3) is 5.91. The van der Waals surface area contributed by atoms with Crippen molar-refractivity contribution in [2.75, 3.05) is 23.8 Å². The minimum atomic E-state index is -0.670. The average Bonchev–Trinajstić information content (AvgIpc) is 3.22. The number of benzene rings is 2. The Bertz CT molecular complexity index is 988. The Balaban J connectivity index is 1.55. The van der Waals surface area contributed by atoms with Crippen molar-refractivity contribution in [2.24, 2.45) is 0 Å². The first kappa shape index (κ1) is 20.1. The molecule has 1 amide bonds. The number of nitrogens with one attached hydrogen (secondary N) is 2. The summed E-state index contributed by atoms with van der Waals surface area (Å²) in [7, 11) is 0. The Labute approximate surface area is 172 Å². The zero-order chi connectivity index (χ0) is 20.5. The highest BCUT2D eigenvalue weighted by molar-refractivity contribution is 7.13.